The van der Waals surface area contributed by atoms with Crippen LogP contribution in [0.5, 0.6) is 0 Å². The molecule has 20 heavy (non-hydrogen) atoms. The molecule has 1 amide bonds. The minimum atomic E-state index is -0.439. The van der Waals surface area contributed by atoms with Gasteiger partial charge >= 0.3 is 0 Å². The lowest BCUT2D eigenvalue weighted by Crippen LogP contribution is -2.33. The number of thioether (sulfide) groups is 1. The predicted molar refractivity (Wildman–Crippen MR) is 88.3 cm³/mol. The highest BCUT2D eigenvalue weighted by molar-refractivity contribution is 9.10. The fourth-order valence-electron chi connectivity index (χ4n) is 1.77. The molecule has 1 aromatic carbocycles. The standard InChI is InChI=1S/C15H22BrNO2S/c1-4-5-12(18)8-17-15(19)9-20-14-7-10(2)13(16)6-11(14)3/h6-7,12,18H,4-5,8-9H2,1-3H3,(H,17,19). The number of aliphatic hydroxyl groups excluding tert-OH is 1. The Kier molecular flexibility index (Phi) is 7.62. The highest BCUT2D eigenvalue weighted by atomic mass is 79.9. The Morgan fingerprint density at radius 2 is 2.10 bits per heavy atom. The number of aryl methyl sites for hydroxylation is 2. The second-order valence-electron chi connectivity index (χ2n) is 4.90. The third kappa shape index (κ3) is 5.85. The molecule has 112 valence electrons. The second-order valence-corrected chi connectivity index (χ2v) is 6.77. The van der Waals surface area contributed by atoms with Crippen LogP contribution in [0.1, 0.15) is 30.9 Å². The molecular formula is C15H22BrNO2S. The largest absolute Gasteiger partial charge is 0.391 e. The molecule has 0 spiro atoms. The molecule has 0 fully saturated rings. The Hall–Kier alpha value is -0.520. The lowest BCUT2D eigenvalue weighted by Gasteiger charge is -2.11. The first-order valence-corrected chi connectivity index (χ1v) is 8.56. The van der Waals surface area contributed by atoms with Crippen LogP contribution in [0.3, 0.4) is 0 Å². The van der Waals surface area contributed by atoms with E-state index in [1.54, 1.807) is 0 Å². The van der Waals surface area contributed by atoms with Crippen molar-refractivity contribution in [1.82, 2.24) is 5.32 Å². The van der Waals surface area contributed by atoms with Gasteiger partial charge in [-0.25, -0.2) is 0 Å². The predicted octanol–water partition coefficient (Wildman–Crippen LogP) is 3.44. The van der Waals surface area contributed by atoms with Crippen LogP contribution in [-0.4, -0.2) is 29.4 Å². The molecule has 0 aromatic heterocycles. The third-order valence-corrected chi connectivity index (χ3v) is 4.98. The van der Waals surface area contributed by atoms with E-state index >= 15 is 0 Å². The first kappa shape index (κ1) is 17.5. The van der Waals surface area contributed by atoms with E-state index in [2.05, 4.69) is 33.4 Å². The van der Waals surface area contributed by atoms with E-state index in [1.807, 2.05) is 20.8 Å². The second kappa shape index (κ2) is 8.70. The van der Waals surface area contributed by atoms with Gasteiger partial charge in [-0.1, -0.05) is 29.3 Å². The lowest BCUT2D eigenvalue weighted by atomic mass is 10.2. The normalized spacial score (nSPS) is 12.2. The van der Waals surface area contributed by atoms with Crippen molar-refractivity contribution in [3.63, 3.8) is 0 Å². The molecule has 0 aliphatic rings. The zero-order chi connectivity index (χ0) is 15.1. The van der Waals surface area contributed by atoms with E-state index in [-0.39, 0.29) is 5.91 Å². The maximum Gasteiger partial charge on any atom is 0.230 e. The maximum absolute atomic E-state index is 11.7. The number of carbonyl (C=O) groups excluding carboxylic acids is 1. The summed E-state index contributed by atoms with van der Waals surface area (Å²) in [6.07, 6.45) is 1.20. The van der Waals surface area contributed by atoms with Crippen LogP contribution < -0.4 is 5.32 Å². The van der Waals surface area contributed by atoms with E-state index in [9.17, 15) is 9.90 Å². The van der Waals surface area contributed by atoms with Crippen molar-refractivity contribution in [3.8, 4) is 0 Å². The highest BCUT2D eigenvalue weighted by Crippen LogP contribution is 2.28. The molecule has 0 saturated heterocycles. The first-order valence-electron chi connectivity index (χ1n) is 6.78. The fraction of sp³-hybridized carbons (Fsp3) is 0.533. The molecule has 0 bridgehead atoms. The Bertz CT molecular complexity index is 465. The summed E-state index contributed by atoms with van der Waals surface area (Å²) in [4.78, 5) is 12.9. The average Bonchev–Trinajstić information content (AvgIpc) is 2.39. The number of aliphatic hydroxyl groups is 1. The highest BCUT2D eigenvalue weighted by Gasteiger charge is 2.09. The van der Waals surface area contributed by atoms with E-state index in [4.69, 9.17) is 0 Å². The number of carbonyl (C=O) groups is 1. The molecule has 0 radical (unpaired) electrons. The minimum absolute atomic E-state index is 0.0369. The molecule has 1 unspecified atom stereocenters. The Labute approximate surface area is 133 Å². The number of amides is 1. The molecular weight excluding hydrogens is 338 g/mol. The van der Waals surface area contributed by atoms with Crippen molar-refractivity contribution in [1.29, 1.82) is 0 Å². The van der Waals surface area contributed by atoms with Gasteiger partial charge in [-0.3, -0.25) is 4.79 Å². The molecule has 0 heterocycles. The number of benzene rings is 1. The zero-order valence-electron chi connectivity index (χ0n) is 12.2. The van der Waals surface area contributed by atoms with Crippen molar-refractivity contribution in [3.05, 3.63) is 27.7 Å². The molecule has 0 aliphatic carbocycles. The van der Waals surface area contributed by atoms with Gasteiger partial charge in [0.15, 0.2) is 0 Å². The monoisotopic (exact) mass is 359 g/mol. The van der Waals surface area contributed by atoms with Crippen LogP contribution in [0.2, 0.25) is 0 Å². The number of halogens is 1. The van der Waals surface area contributed by atoms with Crippen LogP contribution >= 0.6 is 27.7 Å². The number of hydrogen-bond acceptors (Lipinski definition) is 3. The van der Waals surface area contributed by atoms with Crippen LogP contribution in [-0.2, 0) is 4.79 Å². The quantitative estimate of drug-likeness (QED) is 0.733. The Balaban J connectivity index is 2.43. The summed E-state index contributed by atoms with van der Waals surface area (Å²) in [5.74, 6) is 0.339. The summed E-state index contributed by atoms with van der Waals surface area (Å²) >= 11 is 5.03. The van der Waals surface area contributed by atoms with E-state index in [1.165, 1.54) is 11.8 Å². The van der Waals surface area contributed by atoms with Crippen LogP contribution in [0.15, 0.2) is 21.5 Å². The SMILES string of the molecule is CCCC(O)CNC(=O)CSc1cc(C)c(Br)cc1C. The molecule has 2 N–H and O–H groups in total. The van der Waals surface area contributed by atoms with Crippen LogP contribution in [0.4, 0.5) is 0 Å². The van der Waals surface area contributed by atoms with E-state index in [0.717, 1.165) is 33.3 Å². The summed E-state index contributed by atoms with van der Waals surface area (Å²) in [6, 6.07) is 4.16. The molecule has 0 aliphatic heterocycles. The van der Waals surface area contributed by atoms with Gasteiger partial charge in [0, 0.05) is 15.9 Å². The summed E-state index contributed by atoms with van der Waals surface area (Å²) in [5, 5.41) is 12.3. The first-order chi connectivity index (χ1) is 9.43. The molecule has 1 aromatic rings. The fourth-order valence-corrected chi connectivity index (χ4v) is 3.16. The molecule has 0 saturated carbocycles. The van der Waals surface area contributed by atoms with Crippen LogP contribution in [0.25, 0.3) is 0 Å². The van der Waals surface area contributed by atoms with Gasteiger partial charge in [-0.05, 0) is 43.5 Å². The summed E-state index contributed by atoms with van der Waals surface area (Å²) in [5.41, 5.74) is 2.32. The van der Waals surface area contributed by atoms with Gasteiger partial charge in [0.05, 0.1) is 11.9 Å². The zero-order valence-corrected chi connectivity index (χ0v) is 14.6. The molecule has 5 heteroatoms. The number of nitrogens with one attached hydrogen (secondary N) is 1. The Morgan fingerprint density at radius 3 is 2.75 bits per heavy atom. The summed E-state index contributed by atoms with van der Waals surface area (Å²) in [6.45, 7) is 6.43. The van der Waals surface area contributed by atoms with Crippen LogP contribution in [0, 0.1) is 13.8 Å². The Morgan fingerprint density at radius 1 is 1.40 bits per heavy atom. The smallest absolute Gasteiger partial charge is 0.230 e. The van der Waals surface area contributed by atoms with Crippen molar-refractivity contribution >= 4 is 33.6 Å². The van der Waals surface area contributed by atoms with Gasteiger partial charge in [0.1, 0.15) is 0 Å². The van der Waals surface area contributed by atoms with Crippen molar-refractivity contribution < 1.29 is 9.90 Å². The van der Waals surface area contributed by atoms with E-state index in [0.29, 0.717) is 12.3 Å². The van der Waals surface area contributed by atoms with Gasteiger partial charge in [0.25, 0.3) is 0 Å². The molecule has 3 nitrogen and oxygen atoms in total. The van der Waals surface area contributed by atoms with Gasteiger partial charge < -0.3 is 10.4 Å². The number of hydrogen-bond donors (Lipinski definition) is 2. The van der Waals surface area contributed by atoms with Gasteiger partial charge in [-0.15, -0.1) is 11.8 Å². The summed E-state index contributed by atoms with van der Waals surface area (Å²) in [7, 11) is 0. The van der Waals surface area contributed by atoms with Crippen molar-refractivity contribution in [2.75, 3.05) is 12.3 Å². The van der Waals surface area contributed by atoms with E-state index < -0.39 is 6.10 Å². The van der Waals surface area contributed by atoms with Gasteiger partial charge in [0.2, 0.25) is 5.91 Å². The topological polar surface area (TPSA) is 49.3 Å². The van der Waals surface area contributed by atoms with Gasteiger partial charge in [-0.2, -0.15) is 0 Å². The maximum atomic E-state index is 11.7. The number of rotatable bonds is 7. The van der Waals surface area contributed by atoms with Crippen molar-refractivity contribution in [2.24, 2.45) is 0 Å². The summed E-state index contributed by atoms with van der Waals surface area (Å²) < 4.78 is 1.09. The average molecular weight is 360 g/mol. The minimum Gasteiger partial charge on any atom is -0.391 e. The third-order valence-electron chi connectivity index (χ3n) is 2.97. The molecule has 1 rings (SSSR count). The lowest BCUT2D eigenvalue weighted by molar-refractivity contribution is -0.119. The van der Waals surface area contributed by atoms with Crippen molar-refractivity contribution in [2.45, 2.75) is 44.6 Å². The molecule has 1 atom stereocenters.